The highest BCUT2D eigenvalue weighted by Gasteiger charge is 2.14. The van der Waals surface area contributed by atoms with Crippen molar-refractivity contribution in [3.05, 3.63) is 83.3 Å². The summed E-state index contributed by atoms with van der Waals surface area (Å²) in [4.78, 5) is 2.12. The Kier molecular flexibility index (Phi) is 5.00. The highest BCUT2D eigenvalue weighted by Crippen LogP contribution is 2.38. The number of hydrogen-bond acceptors (Lipinski definition) is 3. The molecule has 3 aromatic rings. The highest BCUT2D eigenvalue weighted by molar-refractivity contribution is 9.10. The minimum atomic E-state index is 0.543. The normalized spacial score (nSPS) is 10.2. The summed E-state index contributed by atoms with van der Waals surface area (Å²) < 4.78 is 5.93. The van der Waals surface area contributed by atoms with Gasteiger partial charge in [0.25, 0.3) is 0 Å². The Labute approximate surface area is 144 Å². The molecule has 5 heteroatoms. The number of hydrogen-bond donors (Lipinski definition) is 1. The van der Waals surface area contributed by atoms with E-state index in [0.29, 0.717) is 13.4 Å². The molecule has 3 aromatic carbocycles. The molecule has 0 fully saturated rings. The summed E-state index contributed by atoms with van der Waals surface area (Å²) in [5.74, 6) is 0.543. The van der Waals surface area contributed by atoms with Gasteiger partial charge in [-0.25, -0.2) is 0 Å². The smallest absolute Gasteiger partial charge is 0.537 e. The van der Waals surface area contributed by atoms with Crippen LogP contribution in [0.15, 0.2) is 83.3 Å². The zero-order valence-electron chi connectivity index (χ0n) is 12.3. The van der Waals surface area contributed by atoms with Crippen molar-refractivity contribution < 1.29 is 9.68 Å². The second kappa shape index (κ2) is 7.35. The van der Waals surface area contributed by atoms with Gasteiger partial charge in [-0.3, -0.25) is 0 Å². The van der Waals surface area contributed by atoms with Crippen LogP contribution >= 0.6 is 15.9 Å². The van der Waals surface area contributed by atoms with Gasteiger partial charge in [0.1, 0.15) is 5.75 Å². The average Bonchev–Trinajstić information content (AvgIpc) is 2.60. The van der Waals surface area contributed by atoms with Gasteiger partial charge in [0.15, 0.2) is 0 Å². The first-order chi connectivity index (χ1) is 11.3. The third-order valence-electron chi connectivity index (χ3n) is 3.38. The molecule has 1 N–H and O–H groups in total. The lowest BCUT2D eigenvalue weighted by Gasteiger charge is -2.26. The van der Waals surface area contributed by atoms with Gasteiger partial charge in [0.05, 0.1) is 4.47 Å². The number of nitrogens with zero attached hydrogens (tertiary/aromatic N) is 1. The summed E-state index contributed by atoms with van der Waals surface area (Å²) in [6.07, 6.45) is 0. The zero-order valence-corrected chi connectivity index (χ0v) is 13.8. The first-order valence-electron chi connectivity index (χ1n) is 7.12. The molecule has 3 nitrogen and oxygen atoms in total. The molecule has 0 saturated carbocycles. The molecule has 0 atom stereocenters. The largest absolute Gasteiger partial charge is 0.569 e. The predicted octanol–water partition coefficient (Wildman–Crippen LogP) is 4.82. The average molecular weight is 367 g/mol. The molecule has 0 saturated heterocycles. The first-order valence-corrected chi connectivity index (χ1v) is 7.91. The molecule has 3 rings (SSSR count). The summed E-state index contributed by atoms with van der Waals surface area (Å²) >= 11 is 3.42. The van der Waals surface area contributed by atoms with Crippen molar-refractivity contribution in [1.29, 1.82) is 0 Å². The molecule has 0 aliphatic rings. The third kappa shape index (κ3) is 3.58. The van der Waals surface area contributed by atoms with E-state index in [4.69, 9.17) is 9.68 Å². The van der Waals surface area contributed by atoms with Crippen molar-refractivity contribution in [2.75, 3.05) is 4.90 Å². The van der Waals surface area contributed by atoms with Crippen molar-refractivity contribution in [3.63, 3.8) is 0 Å². The van der Waals surface area contributed by atoms with Crippen LogP contribution in [-0.4, -0.2) is 12.7 Å². The molecule has 0 aliphatic heterocycles. The van der Waals surface area contributed by atoms with Gasteiger partial charge in [-0.1, -0.05) is 36.4 Å². The zero-order chi connectivity index (χ0) is 16.1. The van der Waals surface area contributed by atoms with Crippen molar-refractivity contribution in [2.45, 2.75) is 0 Å². The van der Waals surface area contributed by atoms with E-state index in [-0.39, 0.29) is 0 Å². The standard InChI is InChI=1S/C18H14BBrNO2/c20-17-12-11-16(13-18(17)23-19-22)21(14-7-3-1-4-8-14)15-9-5-2-6-10-15/h1-13,22H. The number of halogens is 1. The Morgan fingerprint density at radius 3 is 1.87 bits per heavy atom. The molecule has 0 unspecified atom stereocenters. The molecular formula is C18H14BBrNO2. The molecular weight excluding hydrogens is 353 g/mol. The van der Waals surface area contributed by atoms with Gasteiger partial charge in [0, 0.05) is 23.1 Å². The molecule has 0 heterocycles. The number of rotatable bonds is 5. The Hall–Kier alpha value is -2.24. The van der Waals surface area contributed by atoms with Crippen LogP contribution in [0.1, 0.15) is 0 Å². The maximum absolute atomic E-state index is 8.93. The van der Waals surface area contributed by atoms with Gasteiger partial charge in [-0.15, -0.1) is 0 Å². The van der Waals surface area contributed by atoms with E-state index in [1.165, 1.54) is 0 Å². The molecule has 0 bridgehead atoms. The summed E-state index contributed by atoms with van der Waals surface area (Å²) in [6, 6.07) is 26.0. The van der Waals surface area contributed by atoms with E-state index in [1.807, 2.05) is 78.9 Å². The first kappa shape index (κ1) is 15.7. The lowest BCUT2D eigenvalue weighted by Crippen LogP contribution is -2.10. The molecule has 0 spiro atoms. The topological polar surface area (TPSA) is 32.7 Å². The Balaban J connectivity index is 2.11. The number of para-hydroxylation sites is 2. The summed E-state index contributed by atoms with van der Waals surface area (Å²) in [5, 5.41) is 8.93. The van der Waals surface area contributed by atoms with E-state index >= 15 is 0 Å². The van der Waals surface area contributed by atoms with Crippen LogP contribution in [0.5, 0.6) is 5.75 Å². The number of anilines is 3. The highest BCUT2D eigenvalue weighted by atomic mass is 79.9. The van der Waals surface area contributed by atoms with Crippen molar-refractivity contribution in [2.24, 2.45) is 0 Å². The maximum atomic E-state index is 8.93. The molecule has 0 aromatic heterocycles. The van der Waals surface area contributed by atoms with Crippen LogP contribution in [0.25, 0.3) is 0 Å². The summed E-state index contributed by atoms with van der Waals surface area (Å²) in [7, 11) is 0.680. The number of benzene rings is 3. The van der Waals surface area contributed by atoms with Gasteiger partial charge >= 0.3 is 7.69 Å². The maximum Gasteiger partial charge on any atom is 0.569 e. The molecule has 0 amide bonds. The third-order valence-corrected chi connectivity index (χ3v) is 4.04. The van der Waals surface area contributed by atoms with Gasteiger partial charge in [0.2, 0.25) is 0 Å². The fourth-order valence-electron chi connectivity index (χ4n) is 2.38. The Morgan fingerprint density at radius 1 is 0.783 bits per heavy atom. The lowest BCUT2D eigenvalue weighted by molar-refractivity contribution is 0.452. The second-order valence-electron chi connectivity index (χ2n) is 4.84. The van der Waals surface area contributed by atoms with E-state index in [2.05, 4.69) is 20.8 Å². The predicted molar refractivity (Wildman–Crippen MR) is 97.4 cm³/mol. The van der Waals surface area contributed by atoms with Crippen LogP contribution < -0.4 is 9.55 Å². The quantitative estimate of drug-likeness (QED) is 0.657. The molecule has 0 aliphatic carbocycles. The van der Waals surface area contributed by atoms with Gasteiger partial charge in [-0.2, -0.15) is 0 Å². The fraction of sp³-hybridized carbons (Fsp3) is 0. The SMILES string of the molecule is O[B]Oc1cc(N(c2ccccc2)c2ccccc2)ccc1Br. The Morgan fingerprint density at radius 2 is 1.35 bits per heavy atom. The van der Waals surface area contributed by atoms with E-state index in [1.54, 1.807) is 0 Å². The Bertz CT molecular complexity index is 729. The van der Waals surface area contributed by atoms with E-state index in [9.17, 15) is 0 Å². The molecule has 113 valence electrons. The van der Waals surface area contributed by atoms with E-state index in [0.717, 1.165) is 21.5 Å². The van der Waals surface area contributed by atoms with Crippen LogP contribution in [0.3, 0.4) is 0 Å². The molecule has 1 radical (unpaired) electrons. The van der Waals surface area contributed by atoms with Crippen molar-refractivity contribution in [3.8, 4) is 5.75 Å². The van der Waals surface area contributed by atoms with Gasteiger partial charge in [-0.05, 0) is 52.3 Å². The van der Waals surface area contributed by atoms with E-state index < -0.39 is 0 Å². The summed E-state index contributed by atoms with van der Waals surface area (Å²) in [6.45, 7) is 0. The van der Waals surface area contributed by atoms with Crippen molar-refractivity contribution in [1.82, 2.24) is 0 Å². The summed E-state index contributed by atoms with van der Waals surface area (Å²) in [5.41, 5.74) is 3.02. The van der Waals surface area contributed by atoms with Crippen LogP contribution in [0, 0.1) is 0 Å². The molecule has 23 heavy (non-hydrogen) atoms. The van der Waals surface area contributed by atoms with Gasteiger partial charge < -0.3 is 14.6 Å². The van der Waals surface area contributed by atoms with Crippen LogP contribution in [0.4, 0.5) is 17.1 Å². The van der Waals surface area contributed by atoms with Crippen molar-refractivity contribution >= 4 is 40.7 Å². The monoisotopic (exact) mass is 366 g/mol. The second-order valence-corrected chi connectivity index (χ2v) is 5.70. The minimum absolute atomic E-state index is 0.543. The fourth-order valence-corrected chi connectivity index (χ4v) is 2.72. The lowest BCUT2D eigenvalue weighted by atomic mass is 10.2. The minimum Gasteiger partial charge on any atom is -0.537 e. The van der Waals surface area contributed by atoms with Crippen LogP contribution in [-0.2, 0) is 0 Å². The van der Waals surface area contributed by atoms with Crippen LogP contribution in [0.2, 0.25) is 0 Å².